The Bertz CT molecular complexity index is 949. The zero-order valence-corrected chi connectivity index (χ0v) is 21.2. The minimum atomic E-state index is -0.976. The number of nitrogens with zero attached hydrogens (tertiary/aromatic N) is 1. The van der Waals surface area contributed by atoms with Gasteiger partial charge in [0.1, 0.15) is 5.57 Å². The van der Waals surface area contributed by atoms with Crippen molar-refractivity contribution in [1.29, 1.82) is 0 Å². The molecular formula is C23H30Cl2N2O7. The molecule has 9 nitrogen and oxygen atoms in total. The highest BCUT2D eigenvalue weighted by Crippen LogP contribution is 2.46. The number of carbonyl (C=O) groups is 2. The molecule has 1 aromatic carbocycles. The molecule has 0 fully saturated rings. The van der Waals surface area contributed by atoms with Crippen molar-refractivity contribution in [3.05, 3.63) is 56.5 Å². The molecular weight excluding hydrogens is 487 g/mol. The van der Waals surface area contributed by atoms with Crippen LogP contribution in [0.25, 0.3) is 0 Å². The standard InChI is InChI=1S/C23H30Cl2N2O7/c1-5-34-23(29)18-16(13-33-12-11-32-10-9-26)27(2)21(30-3)19(22(28)31-4)17(18)14-7-6-8-15(24)20(14)25/h6-8,17H,5,9-13,26H2,1-4H3/t17-/m0/s1. The molecule has 1 aliphatic rings. The average molecular weight is 517 g/mol. The van der Waals surface area contributed by atoms with E-state index in [9.17, 15) is 9.59 Å². The lowest BCUT2D eigenvalue weighted by atomic mass is 9.81. The van der Waals surface area contributed by atoms with Gasteiger partial charge in [0.25, 0.3) is 0 Å². The molecule has 2 rings (SSSR count). The van der Waals surface area contributed by atoms with Crippen LogP contribution in [0.15, 0.2) is 40.9 Å². The number of esters is 2. The lowest BCUT2D eigenvalue weighted by Crippen LogP contribution is -2.37. The van der Waals surface area contributed by atoms with Crippen molar-refractivity contribution < 1.29 is 33.3 Å². The van der Waals surface area contributed by atoms with Crippen LogP contribution in [0.3, 0.4) is 0 Å². The summed E-state index contributed by atoms with van der Waals surface area (Å²) in [5.41, 5.74) is 6.52. The molecule has 1 heterocycles. The maximum Gasteiger partial charge on any atom is 0.340 e. The van der Waals surface area contributed by atoms with E-state index in [-0.39, 0.29) is 46.9 Å². The van der Waals surface area contributed by atoms with Gasteiger partial charge in [-0.2, -0.15) is 0 Å². The van der Waals surface area contributed by atoms with Crippen LogP contribution in [-0.4, -0.2) is 77.7 Å². The van der Waals surface area contributed by atoms with Gasteiger partial charge in [0.15, 0.2) is 0 Å². The zero-order valence-electron chi connectivity index (χ0n) is 19.7. The van der Waals surface area contributed by atoms with Gasteiger partial charge in [-0.1, -0.05) is 35.3 Å². The number of hydrogen-bond donors (Lipinski definition) is 1. The SMILES string of the molecule is CCOC(=O)C1=C(COCCOCCN)N(C)C(OC)=C(C(=O)OC)[C@H]1c1cccc(Cl)c1Cl. The number of likely N-dealkylation sites (N-methyl/N-ethyl adjacent to an activating group) is 1. The van der Waals surface area contributed by atoms with Crippen molar-refractivity contribution >= 4 is 35.1 Å². The first-order chi connectivity index (χ1) is 16.3. The second-order valence-electron chi connectivity index (χ2n) is 7.08. The second kappa shape index (κ2) is 13.6. The minimum Gasteiger partial charge on any atom is -0.482 e. The van der Waals surface area contributed by atoms with E-state index in [1.54, 1.807) is 37.1 Å². The number of halogens is 2. The van der Waals surface area contributed by atoms with Gasteiger partial charge < -0.3 is 34.3 Å². The van der Waals surface area contributed by atoms with Gasteiger partial charge in [-0.05, 0) is 18.6 Å². The summed E-state index contributed by atoms with van der Waals surface area (Å²) < 4.78 is 27.1. The highest BCUT2D eigenvalue weighted by atomic mass is 35.5. The van der Waals surface area contributed by atoms with E-state index in [4.69, 9.17) is 52.6 Å². The van der Waals surface area contributed by atoms with E-state index >= 15 is 0 Å². The third-order valence-electron chi connectivity index (χ3n) is 5.09. The predicted octanol–water partition coefficient (Wildman–Crippen LogP) is 2.86. The van der Waals surface area contributed by atoms with Crippen LogP contribution in [0.2, 0.25) is 10.0 Å². The monoisotopic (exact) mass is 516 g/mol. The van der Waals surface area contributed by atoms with Crippen LogP contribution < -0.4 is 5.73 Å². The first-order valence-corrected chi connectivity index (χ1v) is 11.4. The third kappa shape index (κ3) is 6.22. The molecule has 1 atom stereocenters. The maximum absolute atomic E-state index is 13.3. The molecule has 188 valence electrons. The van der Waals surface area contributed by atoms with Gasteiger partial charge in [0.05, 0.1) is 74.5 Å². The molecule has 0 unspecified atom stereocenters. The molecule has 0 saturated heterocycles. The Labute approximate surface area is 209 Å². The zero-order chi connectivity index (χ0) is 25.3. The predicted molar refractivity (Wildman–Crippen MR) is 127 cm³/mol. The smallest absolute Gasteiger partial charge is 0.340 e. The van der Waals surface area contributed by atoms with E-state index in [0.717, 1.165) is 0 Å². The Morgan fingerprint density at radius 3 is 2.38 bits per heavy atom. The van der Waals surface area contributed by atoms with Gasteiger partial charge in [-0.25, -0.2) is 9.59 Å². The summed E-state index contributed by atoms with van der Waals surface area (Å²) in [5, 5.41) is 0.451. The second-order valence-corrected chi connectivity index (χ2v) is 7.87. The summed E-state index contributed by atoms with van der Waals surface area (Å²) in [6.45, 7) is 3.22. The van der Waals surface area contributed by atoms with Crippen molar-refractivity contribution in [2.24, 2.45) is 5.73 Å². The van der Waals surface area contributed by atoms with E-state index in [1.165, 1.54) is 14.2 Å². The molecule has 0 amide bonds. The van der Waals surface area contributed by atoms with Gasteiger partial charge in [0.2, 0.25) is 5.88 Å². The van der Waals surface area contributed by atoms with Crippen LogP contribution in [0, 0.1) is 0 Å². The van der Waals surface area contributed by atoms with Crippen molar-refractivity contribution in [2.75, 3.05) is 60.8 Å². The number of ether oxygens (including phenoxy) is 5. The molecule has 1 aromatic rings. The summed E-state index contributed by atoms with van der Waals surface area (Å²) in [6, 6.07) is 4.97. The Morgan fingerprint density at radius 1 is 1.06 bits per heavy atom. The van der Waals surface area contributed by atoms with Crippen LogP contribution in [-0.2, 0) is 33.3 Å². The summed E-state index contributed by atoms with van der Waals surface area (Å²) >= 11 is 12.8. The Morgan fingerprint density at radius 2 is 1.76 bits per heavy atom. The molecule has 1 aliphatic heterocycles. The molecule has 0 saturated carbocycles. The summed E-state index contributed by atoms with van der Waals surface area (Å²) in [7, 11) is 4.31. The fraction of sp³-hybridized carbons (Fsp3) is 0.478. The van der Waals surface area contributed by atoms with Crippen LogP contribution >= 0.6 is 23.2 Å². The average Bonchev–Trinajstić information content (AvgIpc) is 2.82. The number of nitrogens with two attached hydrogens (primary N) is 1. The van der Waals surface area contributed by atoms with Crippen molar-refractivity contribution in [1.82, 2.24) is 4.90 Å². The summed E-state index contributed by atoms with van der Waals surface area (Å²) in [6.07, 6.45) is 0. The quantitative estimate of drug-likeness (QED) is 0.331. The first kappa shape index (κ1) is 27.9. The maximum atomic E-state index is 13.3. The number of carbonyl (C=O) groups excluding carboxylic acids is 2. The molecule has 34 heavy (non-hydrogen) atoms. The van der Waals surface area contributed by atoms with E-state index < -0.39 is 17.9 Å². The molecule has 0 bridgehead atoms. The fourth-order valence-electron chi connectivity index (χ4n) is 3.63. The summed E-state index contributed by atoms with van der Waals surface area (Å²) in [5.74, 6) is -2.12. The molecule has 0 radical (unpaired) electrons. The van der Waals surface area contributed by atoms with Gasteiger partial charge >= 0.3 is 11.9 Å². The number of hydrogen-bond acceptors (Lipinski definition) is 9. The topological polar surface area (TPSA) is 110 Å². The molecule has 2 N–H and O–H groups in total. The minimum absolute atomic E-state index is 0.00658. The van der Waals surface area contributed by atoms with Gasteiger partial charge in [-0.3, -0.25) is 0 Å². The number of methoxy groups -OCH3 is 2. The van der Waals surface area contributed by atoms with Crippen LogP contribution in [0.1, 0.15) is 18.4 Å². The fourth-order valence-corrected chi connectivity index (χ4v) is 4.04. The van der Waals surface area contributed by atoms with E-state index in [1.807, 2.05) is 0 Å². The van der Waals surface area contributed by atoms with Crippen molar-refractivity contribution in [3.8, 4) is 0 Å². The lowest BCUT2D eigenvalue weighted by Gasteiger charge is -2.36. The third-order valence-corrected chi connectivity index (χ3v) is 5.92. The largest absolute Gasteiger partial charge is 0.482 e. The Hall–Kier alpha value is -2.30. The normalized spacial score (nSPS) is 16.1. The molecule has 11 heteroatoms. The van der Waals surface area contributed by atoms with Crippen molar-refractivity contribution in [2.45, 2.75) is 12.8 Å². The number of rotatable bonds is 12. The molecule has 0 aliphatic carbocycles. The molecule has 0 spiro atoms. The Balaban J connectivity index is 2.68. The first-order valence-electron chi connectivity index (χ1n) is 10.6. The highest BCUT2D eigenvalue weighted by molar-refractivity contribution is 6.42. The van der Waals surface area contributed by atoms with Crippen LogP contribution in [0.4, 0.5) is 0 Å². The van der Waals surface area contributed by atoms with Gasteiger partial charge in [-0.15, -0.1) is 0 Å². The lowest BCUT2D eigenvalue weighted by molar-refractivity contribution is -0.139. The summed E-state index contributed by atoms with van der Waals surface area (Å²) in [4.78, 5) is 27.8. The van der Waals surface area contributed by atoms with E-state index in [0.29, 0.717) is 31.0 Å². The molecule has 0 aromatic heterocycles. The van der Waals surface area contributed by atoms with Gasteiger partial charge in [0, 0.05) is 13.6 Å². The van der Waals surface area contributed by atoms with E-state index in [2.05, 4.69) is 0 Å². The highest BCUT2D eigenvalue weighted by Gasteiger charge is 2.43. The Kier molecular flexibility index (Phi) is 11.1. The van der Waals surface area contributed by atoms with Crippen molar-refractivity contribution in [3.63, 3.8) is 0 Å². The van der Waals surface area contributed by atoms with Crippen LogP contribution in [0.5, 0.6) is 0 Å². The number of benzene rings is 1.